The highest BCUT2D eigenvalue weighted by atomic mass is 19.1. The number of amides is 5. The number of benzene rings is 3. The molecule has 5 amide bonds. The van der Waals surface area contributed by atoms with Crippen LogP contribution in [0.2, 0.25) is 0 Å². The number of halogens is 1. The van der Waals surface area contributed by atoms with Gasteiger partial charge >= 0.3 is 6.03 Å². The molecule has 0 bridgehead atoms. The summed E-state index contributed by atoms with van der Waals surface area (Å²) in [5.74, 6) is -1.98. The Morgan fingerprint density at radius 3 is 2.44 bits per heavy atom. The zero-order chi connectivity index (χ0) is 29.4. The summed E-state index contributed by atoms with van der Waals surface area (Å²) in [6, 6.07) is 15.8. The summed E-state index contributed by atoms with van der Waals surface area (Å²) in [7, 11) is 0. The number of barbiturate groups is 1. The molecule has 3 aromatic rings. The highest BCUT2D eigenvalue weighted by Gasteiger charge is 2.37. The third-order valence-electron chi connectivity index (χ3n) is 5.77. The van der Waals surface area contributed by atoms with Gasteiger partial charge in [0.25, 0.3) is 17.7 Å². The molecule has 0 unspecified atom stereocenters. The van der Waals surface area contributed by atoms with Crippen molar-refractivity contribution in [2.45, 2.75) is 20.3 Å². The van der Waals surface area contributed by atoms with Crippen LogP contribution in [0.1, 0.15) is 25.8 Å². The number of rotatable bonds is 11. The molecule has 1 aliphatic rings. The Morgan fingerprint density at radius 1 is 0.927 bits per heavy atom. The second kappa shape index (κ2) is 13.2. The maximum atomic E-state index is 13.8. The molecule has 0 radical (unpaired) electrons. The summed E-state index contributed by atoms with van der Waals surface area (Å²) in [6.45, 7) is 4.06. The van der Waals surface area contributed by atoms with E-state index in [9.17, 15) is 23.6 Å². The fourth-order valence-corrected chi connectivity index (χ4v) is 3.91. The summed E-state index contributed by atoms with van der Waals surface area (Å²) in [6.07, 6.45) is 2.04. The molecule has 1 saturated heterocycles. The van der Waals surface area contributed by atoms with Crippen molar-refractivity contribution in [1.82, 2.24) is 5.32 Å². The van der Waals surface area contributed by atoms with Gasteiger partial charge in [0.2, 0.25) is 0 Å². The Kier molecular flexibility index (Phi) is 9.31. The molecule has 1 heterocycles. The lowest BCUT2D eigenvalue weighted by atomic mass is 10.1. The first-order chi connectivity index (χ1) is 19.8. The first-order valence-corrected chi connectivity index (χ1v) is 12.9. The fourth-order valence-electron chi connectivity index (χ4n) is 3.91. The van der Waals surface area contributed by atoms with Gasteiger partial charge in [-0.05, 0) is 49.8 Å². The Morgan fingerprint density at radius 2 is 1.68 bits per heavy atom. The van der Waals surface area contributed by atoms with Crippen LogP contribution in [0.15, 0.2) is 72.3 Å². The molecular weight excluding hydrogens is 533 g/mol. The normalized spacial score (nSPS) is 14.1. The third-order valence-corrected chi connectivity index (χ3v) is 5.77. The van der Waals surface area contributed by atoms with Crippen LogP contribution >= 0.6 is 0 Å². The van der Waals surface area contributed by atoms with E-state index >= 15 is 0 Å². The van der Waals surface area contributed by atoms with Crippen LogP contribution in [0, 0.1) is 5.82 Å². The van der Waals surface area contributed by atoms with Crippen LogP contribution in [-0.2, 0) is 14.4 Å². The maximum absolute atomic E-state index is 13.8. The Hall–Kier alpha value is -5.19. The minimum Gasteiger partial charge on any atom is -0.490 e. The highest BCUT2D eigenvalue weighted by molar-refractivity contribution is 6.39. The average molecular weight is 562 g/mol. The first-order valence-electron chi connectivity index (χ1n) is 12.9. The zero-order valence-corrected chi connectivity index (χ0v) is 22.4. The molecule has 1 fully saturated rings. The number of carbonyl (C=O) groups excluding carboxylic acids is 4. The lowest BCUT2D eigenvalue weighted by molar-refractivity contribution is -0.122. The molecule has 0 saturated carbocycles. The van der Waals surface area contributed by atoms with Gasteiger partial charge in [-0.15, -0.1) is 0 Å². The van der Waals surface area contributed by atoms with Crippen molar-refractivity contribution >= 4 is 41.2 Å². The number of ether oxygens (including phenoxy) is 3. The largest absolute Gasteiger partial charge is 0.490 e. The van der Waals surface area contributed by atoms with E-state index in [-0.39, 0.29) is 22.7 Å². The van der Waals surface area contributed by atoms with E-state index in [4.69, 9.17) is 14.2 Å². The number of carbonyl (C=O) groups is 4. The lowest BCUT2D eigenvalue weighted by Gasteiger charge is -2.27. The summed E-state index contributed by atoms with van der Waals surface area (Å²) in [5, 5.41) is 4.59. The van der Waals surface area contributed by atoms with Gasteiger partial charge in [0, 0.05) is 11.6 Å². The monoisotopic (exact) mass is 561 g/mol. The van der Waals surface area contributed by atoms with Crippen molar-refractivity contribution in [3.8, 4) is 17.2 Å². The first kappa shape index (κ1) is 28.8. The van der Waals surface area contributed by atoms with E-state index in [2.05, 4.69) is 10.6 Å². The van der Waals surface area contributed by atoms with Crippen LogP contribution in [0.4, 0.5) is 20.6 Å². The standard InChI is InChI=1S/C30H28FN3O7/c1-3-15-40-25-14-13-20(17-26(25)39-4-2)34-29(37)21(28(36)33-30(34)38)16-19-9-5-8-12-24(19)41-18-27(35)32-23-11-7-6-10-22(23)31/h5-14,16-17H,3-4,15,18H2,1-2H3,(H,32,35)(H,33,36,38)/b21-16+. The number of nitrogens with one attached hydrogen (secondary N) is 2. The number of para-hydroxylation sites is 2. The van der Waals surface area contributed by atoms with E-state index < -0.39 is 36.2 Å². The average Bonchev–Trinajstić information content (AvgIpc) is 2.95. The minimum absolute atomic E-state index is 0.00295. The number of urea groups is 1. The Labute approximate surface area is 235 Å². The highest BCUT2D eigenvalue weighted by Crippen LogP contribution is 2.34. The molecule has 41 heavy (non-hydrogen) atoms. The van der Waals surface area contributed by atoms with Crippen LogP contribution in [-0.4, -0.2) is 43.6 Å². The van der Waals surface area contributed by atoms with Gasteiger partial charge in [0.1, 0.15) is 17.1 Å². The number of imide groups is 2. The number of hydrogen-bond donors (Lipinski definition) is 2. The molecular formula is C30H28FN3O7. The molecule has 1 aliphatic heterocycles. The van der Waals surface area contributed by atoms with Crippen molar-refractivity contribution in [1.29, 1.82) is 0 Å². The molecule has 4 rings (SSSR count). The van der Waals surface area contributed by atoms with Crippen molar-refractivity contribution in [2.75, 3.05) is 30.0 Å². The maximum Gasteiger partial charge on any atom is 0.335 e. The molecule has 212 valence electrons. The van der Waals surface area contributed by atoms with Gasteiger partial charge in [0.05, 0.1) is 24.6 Å². The number of anilines is 2. The summed E-state index contributed by atoms with van der Waals surface area (Å²) in [4.78, 5) is 52.1. The van der Waals surface area contributed by atoms with E-state index in [0.717, 1.165) is 11.3 Å². The van der Waals surface area contributed by atoms with Gasteiger partial charge in [-0.2, -0.15) is 0 Å². The van der Waals surface area contributed by atoms with Crippen LogP contribution in [0.5, 0.6) is 17.2 Å². The molecule has 0 aromatic heterocycles. The molecule has 0 aliphatic carbocycles. The topological polar surface area (TPSA) is 123 Å². The lowest BCUT2D eigenvalue weighted by Crippen LogP contribution is -2.54. The zero-order valence-electron chi connectivity index (χ0n) is 22.4. The molecule has 0 atom stereocenters. The van der Waals surface area contributed by atoms with Crippen molar-refractivity contribution < 1.29 is 37.8 Å². The van der Waals surface area contributed by atoms with Gasteiger partial charge in [0.15, 0.2) is 18.1 Å². The number of nitrogens with zero attached hydrogens (tertiary/aromatic N) is 1. The summed E-state index contributed by atoms with van der Waals surface area (Å²) < 4.78 is 30.8. The van der Waals surface area contributed by atoms with E-state index in [1.807, 2.05) is 6.92 Å². The fraction of sp³-hybridized carbons (Fsp3) is 0.200. The minimum atomic E-state index is -0.920. The molecule has 0 spiro atoms. The quantitative estimate of drug-likeness (QED) is 0.257. The summed E-state index contributed by atoms with van der Waals surface area (Å²) in [5.41, 5.74) is 0.147. The Bertz CT molecular complexity index is 1500. The van der Waals surface area contributed by atoms with Crippen LogP contribution in [0.25, 0.3) is 6.08 Å². The van der Waals surface area contributed by atoms with E-state index in [0.29, 0.717) is 30.3 Å². The van der Waals surface area contributed by atoms with Gasteiger partial charge in [-0.3, -0.25) is 19.7 Å². The van der Waals surface area contributed by atoms with Crippen molar-refractivity contribution in [2.24, 2.45) is 0 Å². The third kappa shape index (κ3) is 6.88. The second-order valence-electron chi connectivity index (χ2n) is 8.72. The van der Waals surface area contributed by atoms with Gasteiger partial charge in [-0.25, -0.2) is 14.1 Å². The van der Waals surface area contributed by atoms with E-state index in [1.54, 1.807) is 43.3 Å². The SMILES string of the molecule is CCCOc1ccc(N2C(=O)NC(=O)/C(=C\c3ccccc3OCC(=O)Nc3ccccc3F)C2=O)cc1OCC. The van der Waals surface area contributed by atoms with E-state index in [1.165, 1.54) is 36.4 Å². The second-order valence-corrected chi connectivity index (χ2v) is 8.72. The van der Waals surface area contributed by atoms with Crippen molar-refractivity contribution in [3.63, 3.8) is 0 Å². The van der Waals surface area contributed by atoms with Crippen molar-refractivity contribution in [3.05, 3.63) is 83.7 Å². The predicted molar refractivity (Wildman–Crippen MR) is 149 cm³/mol. The van der Waals surface area contributed by atoms with Gasteiger partial charge < -0.3 is 19.5 Å². The predicted octanol–water partition coefficient (Wildman–Crippen LogP) is 4.70. The molecule has 11 heteroatoms. The smallest absolute Gasteiger partial charge is 0.335 e. The number of hydrogen-bond acceptors (Lipinski definition) is 7. The Balaban J connectivity index is 1.57. The van der Waals surface area contributed by atoms with Crippen LogP contribution in [0.3, 0.4) is 0 Å². The molecule has 10 nitrogen and oxygen atoms in total. The molecule has 3 aromatic carbocycles. The van der Waals surface area contributed by atoms with Crippen LogP contribution < -0.4 is 29.7 Å². The van der Waals surface area contributed by atoms with Gasteiger partial charge in [-0.1, -0.05) is 37.3 Å². The summed E-state index contributed by atoms with van der Waals surface area (Å²) >= 11 is 0. The molecule has 2 N–H and O–H groups in total.